The van der Waals surface area contributed by atoms with Gasteiger partial charge in [0.1, 0.15) is 5.60 Å². The van der Waals surface area contributed by atoms with Gasteiger partial charge in [0.05, 0.1) is 8.07 Å². The summed E-state index contributed by atoms with van der Waals surface area (Å²) in [7, 11) is -1.41. The first-order valence-corrected chi connectivity index (χ1v) is 8.88. The summed E-state index contributed by atoms with van der Waals surface area (Å²) in [5.74, 6) is 0. The van der Waals surface area contributed by atoms with E-state index in [1.165, 1.54) is 4.68 Å². The molecule has 0 N–H and O–H groups in total. The van der Waals surface area contributed by atoms with Gasteiger partial charge in [-0.2, -0.15) is 9.78 Å². The lowest BCUT2D eigenvalue weighted by Gasteiger charge is -2.18. The average Bonchev–Trinajstić information content (AvgIpc) is 2.46. The predicted molar refractivity (Wildman–Crippen MR) is 66.8 cm³/mol. The number of ether oxygens (including phenoxy) is 1. The fourth-order valence-electron chi connectivity index (χ4n) is 1.12. The monoisotopic (exact) mass is 240 g/mol. The zero-order valence-electron chi connectivity index (χ0n) is 10.9. The molecule has 0 fully saturated rings. The highest BCUT2D eigenvalue weighted by atomic mass is 28.3. The Morgan fingerprint density at radius 1 is 1.38 bits per heavy atom. The van der Waals surface area contributed by atoms with Crippen LogP contribution in [0.3, 0.4) is 0 Å². The first-order chi connectivity index (χ1) is 7.09. The van der Waals surface area contributed by atoms with Gasteiger partial charge in [-0.25, -0.2) is 4.79 Å². The molecule has 1 aromatic heterocycles. The van der Waals surface area contributed by atoms with Crippen molar-refractivity contribution in [2.75, 3.05) is 0 Å². The molecule has 90 valence electrons. The highest BCUT2D eigenvalue weighted by Crippen LogP contribution is 2.08. The van der Waals surface area contributed by atoms with E-state index in [0.29, 0.717) is 0 Å². The summed E-state index contributed by atoms with van der Waals surface area (Å²) >= 11 is 0. The molecule has 0 spiro atoms. The second-order valence-electron chi connectivity index (χ2n) is 5.90. The molecule has 0 aliphatic heterocycles. The Labute approximate surface area is 97.6 Å². The quantitative estimate of drug-likeness (QED) is 0.707. The molecule has 0 radical (unpaired) electrons. The molecule has 1 rings (SSSR count). The minimum atomic E-state index is -1.41. The molecule has 0 atom stereocenters. The second-order valence-corrected chi connectivity index (χ2v) is 11.0. The highest BCUT2D eigenvalue weighted by Gasteiger charge is 2.22. The van der Waals surface area contributed by atoms with Crippen molar-refractivity contribution >= 4 is 19.4 Å². The van der Waals surface area contributed by atoms with Gasteiger partial charge >= 0.3 is 6.09 Å². The maximum atomic E-state index is 11.7. The number of hydrogen-bond acceptors (Lipinski definition) is 3. The van der Waals surface area contributed by atoms with Crippen molar-refractivity contribution in [3.8, 4) is 0 Å². The van der Waals surface area contributed by atoms with Crippen LogP contribution >= 0.6 is 0 Å². The van der Waals surface area contributed by atoms with Crippen LogP contribution in [-0.2, 0) is 4.74 Å². The smallest absolute Gasteiger partial charge is 0.435 e. The number of aromatic nitrogens is 2. The van der Waals surface area contributed by atoms with Gasteiger partial charge in [-0.3, -0.25) is 0 Å². The van der Waals surface area contributed by atoms with E-state index in [2.05, 4.69) is 24.7 Å². The maximum Gasteiger partial charge on any atom is 0.435 e. The van der Waals surface area contributed by atoms with Crippen LogP contribution in [0.2, 0.25) is 19.6 Å². The Balaban J connectivity index is 2.83. The van der Waals surface area contributed by atoms with Crippen molar-refractivity contribution in [1.29, 1.82) is 0 Å². The van der Waals surface area contributed by atoms with Crippen LogP contribution in [0.5, 0.6) is 0 Å². The molecule has 0 bridgehead atoms. The fourth-order valence-corrected chi connectivity index (χ4v) is 2.07. The number of carbonyl (C=O) groups is 1. The molecular formula is C11H20N2O2Si. The number of carbonyl (C=O) groups excluding carboxylic acids is 1. The first kappa shape index (κ1) is 13.0. The maximum absolute atomic E-state index is 11.7. The van der Waals surface area contributed by atoms with Crippen molar-refractivity contribution in [1.82, 2.24) is 9.78 Å². The molecule has 1 aromatic rings. The summed E-state index contributed by atoms with van der Waals surface area (Å²) in [6.07, 6.45) is 3.12. The van der Waals surface area contributed by atoms with Gasteiger partial charge in [-0.15, -0.1) is 0 Å². The first-order valence-electron chi connectivity index (χ1n) is 5.38. The number of nitrogens with zero attached hydrogens (tertiary/aromatic N) is 2. The van der Waals surface area contributed by atoms with E-state index < -0.39 is 19.8 Å². The van der Waals surface area contributed by atoms with Gasteiger partial charge in [0.2, 0.25) is 0 Å². The molecule has 0 aliphatic rings. The molecule has 0 saturated carbocycles. The van der Waals surface area contributed by atoms with Crippen LogP contribution in [0, 0.1) is 0 Å². The van der Waals surface area contributed by atoms with Gasteiger partial charge in [-0.05, 0) is 26.0 Å². The SMILES string of the molecule is CC(C)(C)OC(=O)n1cc([Si](C)(C)C)cn1. The summed E-state index contributed by atoms with van der Waals surface area (Å²) in [6, 6.07) is 0. The molecule has 0 aromatic carbocycles. The zero-order chi connectivity index (χ0) is 12.6. The van der Waals surface area contributed by atoms with Gasteiger partial charge in [0, 0.05) is 12.4 Å². The molecule has 0 aliphatic carbocycles. The Morgan fingerprint density at radius 3 is 2.31 bits per heavy atom. The van der Waals surface area contributed by atoms with Gasteiger partial charge in [-0.1, -0.05) is 19.6 Å². The Morgan fingerprint density at radius 2 is 1.94 bits per heavy atom. The van der Waals surface area contributed by atoms with E-state index >= 15 is 0 Å². The number of rotatable bonds is 1. The van der Waals surface area contributed by atoms with E-state index in [-0.39, 0.29) is 0 Å². The fraction of sp³-hybridized carbons (Fsp3) is 0.636. The Kier molecular flexibility index (Phi) is 3.28. The largest absolute Gasteiger partial charge is 0.442 e. The predicted octanol–water partition coefficient (Wildman–Crippen LogP) is 2.21. The summed E-state index contributed by atoms with van der Waals surface area (Å²) < 4.78 is 6.50. The summed E-state index contributed by atoms with van der Waals surface area (Å²) in [5, 5.41) is 5.19. The van der Waals surface area contributed by atoms with Crippen molar-refractivity contribution in [2.24, 2.45) is 0 Å². The summed E-state index contributed by atoms with van der Waals surface area (Å²) in [5.41, 5.74) is -0.484. The molecule has 0 amide bonds. The molecule has 4 nitrogen and oxygen atoms in total. The van der Waals surface area contributed by atoms with Gasteiger partial charge in [0.15, 0.2) is 0 Å². The average molecular weight is 240 g/mol. The molecule has 5 heteroatoms. The van der Waals surface area contributed by atoms with Crippen LogP contribution < -0.4 is 5.19 Å². The van der Waals surface area contributed by atoms with E-state index in [0.717, 1.165) is 5.19 Å². The highest BCUT2D eigenvalue weighted by molar-refractivity contribution is 6.88. The molecule has 0 saturated heterocycles. The summed E-state index contributed by atoms with van der Waals surface area (Å²) in [4.78, 5) is 11.7. The zero-order valence-corrected chi connectivity index (χ0v) is 11.9. The third-order valence-electron chi connectivity index (χ3n) is 2.03. The second kappa shape index (κ2) is 4.05. The molecule has 1 heterocycles. The van der Waals surface area contributed by atoms with Crippen LogP contribution in [0.4, 0.5) is 4.79 Å². The Hall–Kier alpha value is -1.10. The van der Waals surface area contributed by atoms with Crippen molar-refractivity contribution in [3.63, 3.8) is 0 Å². The van der Waals surface area contributed by atoms with Crippen LogP contribution in [0.25, 0.3) is 0 Å². The lowest BCUT2D eigenvalue weighted by Crippen LogP contribution is -2.36. The van der Waals surface area contributed by atoms with E-state index in [1.807, 2.05) is 20.8 Å². The van der Waals surface area contributed by atoms with E-state index in [4.69, 9.17) is 4.74 Å². The lowest BCUT2D eigenvalue weighted by molar-refractivity contribution is 0.0514. The van der Waals surface area contributed by atoms with Crippen LogP contribution in [0.1, 0.15) is 20.8 Å². The normalized spacial score (nSPS) is 12.6. The Bertz CT molecular complexity index is 385. The van der Waals surface area contributed by atoms with Crippen molar-refractivity contribution in [2.45, 2.75) is 46.0 Å². The molecule has 0 unspecified atom stereocenters. The topological polar surface area (TPSA) is 44.1 Å². The van der Waals surface area contributed by atoms with Crippen LogP contribution in [-0.4, -0.2) is 29.5 Å². The summed E-state index contributed by atoms with van der Waals surface area (Å²) in [6.45, 7) is 12.2. The van der Waals surface area contributed by atoms with Gasteiger partial charge < -0.3 is 4.74 Å². The minimum absolute atomic E-state index is 0.419. The lowest BCUT2D eigenvalue weighted by atomic mass is 10.2. The van der Waals surface area contributed by atoms with E-state index in [9.17, 15) is 4.79 Å². The van der Waals surface area contributed by atoms with Crippen molar-refractivity contribution < 1.29 is 9.53 Å². The number of hydrogen-bond donors (Lipinski definition) is 0. The molecule has 16 heavy (non-hydrogen) atoms. The standard InChI is InChI=1S/C11H20N2O2Si/c1-11(2,3)15-10(14)13-8-9(7-12-13)16(4,5)6/h7-8H,1-6H3. The van der Waals surface area contributed by atoms with Crippen molar-refractivity contribution in [3.05, 3.63) is 12.4 Å². The third kappa shape index (κ3) is 3.48. The third-order valence-corrected chi connectivity index (χ3v) is 4.02. The van der Waals surface area contributed by atoms with E-state index in [1.54, 1.807) is 12.4 Å². The van der Waals surface area contributed by atoms with Gasteiger partial charge in [0.25, 0.3) is 0 Å². The molecular weight excluding hydrogens is 220 g/mol. The van der Waals surface area contributed by atoms with Crippen LogP contribution in [0.15, 0.2) is 12.4 Å². The minimum Gasteiger partial charge on any atom is -0.442 e.